The predicted octanol–water partition coefficient (Wildman–Crippen LogP) is 0.0515. The SMILES string of the molecule is CN(CC(N)=O)c1nccnc1Cl. The van der Waals surface area contributed by atoms with Crippen LogP contribution in [0.5, 0.6) is 0 Å². The topological polar surface area (TPSA) is 72.1 Å². The van der Waals surface area contributed by atoms with Gasteiger partial charge in [-0.2, -0.15) is 0 Å². The molecule has 0 saturated carbocycles. The first-order valence-corrected chi connectivity index (χ1v) is 3.95. The zero-order valence-electron chi connectivity index (χ0n) is 7.07. The van der Waals surface area contributed by atoms with Crippen LogP contribution < -0.4 is 10.6 Å². The number of rotatable bonds is 3. The number of carbonyl (C=O) groups is 1. The normalized spacial score (nSPS) is 9.69. The summed E-state index contributed by atoms with van der Waals surface area (Å²) in [4.78, 5) is 19.9. The minimum absolute atomic E-state index is 0.0679. The number of likely N-dealkylation sites (N-methyl/N-ethyl adjacent to an activating group) is 1. The zero-order valence-corrected chi connectivity index (χ0v) is 7.82. The lowest BCUT2D eigenvalue weighted by Gasteiger charge is -2.15. The molecule has 13 heavy (non-hydrogen) atoms. The van der Waals surface area contributed by atoms with Gasteiger partial charge in [-0.05, 0) is 0 Å². The highest BCUT2D eigenvalue weighted by atomic mass is 35.5. The summed E-state index contributed by atoms with van der Waals surface area (Å²) in [5, 5.41) is 0.256. The molecule has 0 saturated heterocycles. The molecule has 0 aliphatic rings. The summed E-state index contributed by atoms with van der Waals surface area (Å²) in [7, 11) is 1.67. The summed E-state index contributed by atoms with van der Waals surface area (Å²) in [5.74, 6) is 0.00665. The second-order valence-electron chi connectivity index (χ2n) is 2.49. The molecule has 0 bridgehead atoms. The van der Waals surface area contributed by atoms with Crippen LogP contribution in [0.4, 0.5) is 5.82 Å². The van der Waals surface area contributed by atoms with Crippen LogP contribution in [-0.4, -0.2) is 29.5 Å². The van der Waals surface area contributed by atoms with E-state index in [2.05, 4.69) is 9.97 Å². The van der Waals surface area contributed by atoms with Gasteiger partial charge in [0, 0.05) is 19.4 Å². The van der Waals surface area contributed by atoms with Crippen LogP contribution in [-0.2, 0) is 4.79 Å². The molecule has 1 heterocycles. The Labute approximate surface area is 80.5 Å². The molecule has 1 aromatic rings. The van der Waals surface area contributed by atoms with E-state index in [9.17, 15) is 4.79 Å². The van der Waals surface area contributed by atoms with Gasteiger partial charge in [0.05, 0.1) is 6.54 Å². The first kappa shape index (κ1) is 9.73. The van der Waals surface area contributed by atoms with Crippen molar-refractivity contribution in [1.29, 1.82) is 0 Å². The van der Waals surface area contributed by atoms with Crippen molar-refractivity contribution in [1.82, 2.24) is 9.97 Å². The van der Waals surface area contributed by atoms with Gasteiger partial charge < -0.3 is 10.6 Å². The maximum absolute atomic E-state index is 10.6. The number of anilines is 1. The Kier molecular flexibility index (Phi) is 3.02. The molecule has 0 fully saturated rings. The van der Waals surface area contributed by atoms with Gasteiger partial charge in [-0.15, -0.1) is 0 Å². The Balaban J connectivity index is 2.82. The largest absolute Gasteiger partial charge is 0.368 e. The molecule has 0 unspecified atom stereocenters. The third-order valence-corrected chi connectivity index (χ3v) is 1.66. The average molecular weight is 201 g/mol. The van der Waals surface area contributed by atoms with Gasteiger partial charge in [0.15, 0.2) is 11.0 Å². The molecule has 0 aliphatic carbocycles. The van der Waals surface area contributed by atoms with Crippen molar-refractivity contribution >= 4 is 23.3 Å². The van der Waals surface area contributed by atoms with Crippen LogP contribution in [0.2, 0.25) is 5.15 Å². The first-order valence-electron chi connectivity index (χ1n) is 3.57. The van der Waals surface area contributed by atoms with E-state index in [1.165, 1.54) is 17.3 Å². The number of hydrogen-bond donors (Lipinski definition) is 1. The molecule has 70 valence electrons. The molecule has 6 heteroatoms. The zero-order chi connectivity index (χ0) is 9.84. The van der Waals surface area contributed by atoms with E-state index < -0.39 is 5.91 Å². The number of hydrogen-bond acceptors (Lipinski definition) is 4. The van der Waals surface area contributed by atoms with Crippen molar-refractivity contribution < 1.29 is 4.79 Å². The number of aromatic nitrogens is 2. The summed E-state index contributed by atoms with van der Waals surface area (Å²) in [5.41, 5.74) is 5.01. The monoisotopic (exact) mass is 200 g/mol. The van der Waals surface area contributed by atoms with Crippen LogP contribution in [0.15, 0.2) is 12.4 Å². The first-order chi connectivity index (χ1) is 6.11. The van der Waals surface area contributed by atoms with Gasteiger partial charge in [-0.3, -0.25) is 4.79 Å². The highest BCUT2D eigenvalue weighted by Crippen LogP contribution is 2.17. The number of halogens is 1. The number of carbonyl (C=O) groups excluding carboxylic acids is 1. The fourth-order valence-electron chi connectivity index (χ4n) is 0.878. The van der Waals surface area contributed by atoms with Crippen LogP contribution >= 0.6 is 11.6 Å². The van der Waals surface area contributed by atoms with Gasteiger partial charge in [0.2, 0.25) is 5.91 Å². The number of amides is 1. The highest BCUT2D eigenvalue weighted by molar-refractivity contribution is 6.31. The van der Waals surface area contributed by atoms with Crippen molar-refractivity contribution in [3.63, 3.8) is 0 Å². The third kappa shape index (κ3) is 2.55. The second kappa shape index (κ2) is 4.04. The molecular weight excluding hydrogens is 192 g/mol. The van der Waals surface area contributed by atoms with Gasteiger partial charge in [-0.1, -0.05) is 11.6 Å². The van der Waals surface area contributed by atoms with Crippen molar-refractivity contribution in [2.24, 2.45) is 5.73 Å². The van der Waals surface area contributed by atoms with Gasteiger partial charge in [0.1, 0.15) is 0 Å². The maximum Gasteiger partial charge on any atom is 0.236 e. The number of nitrogens with zero attached hydrogens (tertiary/aromatic N) is 3. The molecular formula is C7H9ClN4O. The minimum atomic E-state index is -0.441. The Morgan fingerprint density at radius 2 is 2.23 bits per heavy atom. The molecule has 1 amide bonds. The van der Waals surface area contributed by atoms with E-state index in [-0.39, 0.29) is 11.7 Å². The van der Waals surface area contributed by atoms with Crippen molar-refractivity contribution in [3.8, 4) is 0 Å². The lowest BCUT2D eigenvalue weighted by Crippen LogP contribution is -2.31. The van der Waals surface area contributed by atoms with Crippen molar-refractivity contribution in [2.45, 2.75) is 0 Å². The Bertz CT molecular complexity index is 317. The molecule has 0 atom stereocenters. The molecule has 0 aliphatic heterocycles. The van der Waals surface area contributed by atoms with E-state index >= 15 is 0 Å². The number of primary amides is 1. The number of nitrogens with two attached hydrogens (primary N) is 1. The summed E-state index contributed by atoms with van der Waals surface area (Å²) < 4.78 is 0. The average Bonchev–Trinajstić information content (AvgIpc) is 2.03. The lowest BCUT2D eigenvalue weighted by atomic mass is 10.5. The van der Waals surface area contributed by atoms with Crippen LogP contribution in [0.1, 0.15) is 0 Å². The summed E-state index contributed by atoms with van der Waals surface area (Å²) in [6.07, 6.45) is 2.97. The highest BCUT2D eigenvalue weighted by Gasteiger charge is 2.09. The van der Waals surface area contributed by atoms with Crippen LogP contribution in [0.25, 0.3) is 0 Å². The van der Waals surface area contributed by atoms with Crippen molar-refractivity contribution in [2.75, 3.05) is 18.5 Å². The molecule has 0 aromatic carbocycles. The minimum Gasteiger partial charge on any atom is -0.368 e. The Hall–Kier alpha value is -1.36. The fourth-order valence-corrected chi connectivity index (χ4v) is 1.13. The van der Waals surface area contributed by atoms with E-state index in [1.807, 2.05) is 0 Å². The predicted molar refractivity (Wildman–Crippen MR) is 49.5 cm³/mol. The Morgan fingerprint density at radius 1 is 1.62 bits per heavy atom. The summed E-state index contributed by atoms with van der Waals surface area (Å²) in [6, 6.07) is 0. The smallest absolute Gasteiger partial charge is 0.236 e. The van der Waals surface area contributed by atoms with Crippen LogP contribution in [0.3, 0.4) is 0 Å². The maximum atomic E-state index is 10.6. The van der Waals surface area contributed by atoms with E-state index in [4.69, 9.17) is 17.3 Å². The summed E-state index contributed by atoms with van der Waals surface area (Å²) in [6.45, 7) is 0.0679. The van der Waals surface area contributed by atoms with Gasteiger partial charge >= 0.3 is 0 Å². The molecule has 5 nitrogen and oxygen atoms in total. The van der Waals surface area contributed by atoms with E-state index in [0.717, 1.165) is 0 Å². The lowest BCUT2D eigenvalue weighted by molar-refractivity contribution is -0.116. The molecule has 1 aromatic heterocycles. The van der Waals surface area contributed by atoms with Gasteiger partial charge in [-0.25, -0.2) is 9.97 Å². The standard InChI is InChI=1S/C7H9ClN4O/c1-12(4-5(9)13)7-6(8)10-2-3-11-7/h2-3H,4H2,1H3,(H2,9,13). The Morgan fingerprint density at radius 3 is 2.77 bits per heavy atom. The van der Waals surface area contributed by atoms with Crippen LogP contribution in [0, 0.1) is 0 Å². The fraction of sp³-hybridized carbons (Fsp3) is 0.286. The third-order valence-electron chi connectivity index (χ3n) is 1.39. The molecule has 0 spiro atoms. The quantitative estimate of drug-likeness (QED) is 0.749. The molecule has 0 radical (unpaired) electrons. The molecule has 2 N–H and O–H groups in total. The van der Waals surface area contributed by atoms with Crippen molar-refractivity contribution in [3.05, 3.63) is 17.5 Å². The van der Waals surface area contributed by atoms with E-state index in [0.29, 0.717) is 5.82 Å². The summed E-state index contributed by atoms with van der Waals surface area (Å²) >= 11 is 5.74. The second-order valence-corrected chi connectivity index (χ2v) is 2.85. The van der Waals surface area contributed by atoms with Gasteiger partial charge in [0.25, 0.3) is 0 Å². The molecule has 1 rings (SSSR count). The van der Waals surface area contributed by atoms with E-state index in [1.54, 1.807) is 7.05 Å².